The standard InChI is InChI=1S/C72H101N17O27/c1-4-5-6-7-8-9-10-21-53(94)80-43(24-37-30-76-41-19-14-12-16-38(37)41)64(107)82-44(26-52(75)93)65(108)85-47(29-59(103)104)67(110)89-61-36(3)116-72(115)48(25-51(92)39-17-11-13-18-40(39)74)86-71(114)60(35(2)23-56(97)98)88-69(112)49(33-90)81-55(96)31-77-62(105)45(27-57(99)100)83-68(111)50(34-91)87-66(109)46(28-58(101)102)84-63(106)42(20-15-22-73)79-54(95)32-78-70(61)113/h11-14,16-19,30,35-36,42-50,60-61,76,90-91H,4-10,15,20-29,31-34,73-74H2,1-3H3,(H2,75,93)(H,77,105)(H,78,113)(H,79,95)(H,80,94)(H,81,96)(H,82,107)(H,83,111)(H,84,106)(H,85,108)(H,86,114)(H,87,109)(H,88,112)(H,89,110)(H,97,98)(H,99,100)(H,101,102)(H,103,104)/t35-,36-,42-,43-,44+,45-,46-,47-,48-,49+,50?,60+,61?/m0/s1. The Morgan fingerprint density at radius 2 is 1.04 bits per heavy atom. The Kier molecular flexibility index (Phi) is 39.9. The summed E-state index contributed by atoms with van der Waals surface area (Å²) in [5, 5.41) is 88.4. The minimum Gasteiger partial charge on any atom is -0.481 e. The number of nitrogens with one attached hydrogen (secondary N) is 14. The van der Waals surface area contributed by atoms with Crippen LogP contribution in [0, 0.1) is 5.92 Å². The van der Waals surface area contributed by atoms with E-state index in [1.54, 1.807) is 30.5 Å². The number of hydrogen-bond acceptors (Lipinski definition) is 25. The number of ketones is 1. The highest BCUT2D eigenvalue weighted by molar-refractivity contribution is 6.05. The second kappa shape index (κ2) is 48.4. The molecular weight excluding hydrogens is 1530 g/mol. The largest absolute Gasteiger partial charge is 0.481 e. The number of ether oxygens (including phenoxy) is 1. The number of hydrogen-bond donors (Lipinski definition) is 23. The highest BCUT2D eigenvalue weighted by Gasteiger charge is 2.41. The van der Waals surface area contributed by atoms with E-state index in [2.05, 4.69) is 59.8 Å². The molecule has 636 valence electrons. The Morgan fingerprint density at radius 1 is 0.534 bits per heavy atom. The van der Waals surface area contributed by atoms with Crippen molar-refractivity contribution in [1.82, 2.24) is 74.1 Å². The smallest absolute Gasteiger partial charge is 0.329 e. The summed E-state index contributed by atoms with van der Waals surface area (Å²) >= 11 is 0. The number of nitrogens with two attached hydrogens (primary N) is 3. The first-order valence-corrected chi connectivity index (χ1v) is 37.0. The average Bonchev–Trinajstić information content (AvgIpc) is 1.72. The number of fused-ring (bicyclic) bond motifs is 1. The number of aliphatic hydroxyl groups is 2. The number of anilines is 1. The summed E-state index contributed by atoms with van der Waals surface area (Å²) in [7, 11) is 0. The van der Waals surface area contributed by atoms with Crippen LogP contribution in [0.2, 0.25) is 0 Å². The molecule has 1 aliphatic heterocycles. The number of rotatable bonds is 36. The Balaban J connectivity index is 1.88. The molecule has 0 radical (unpaired) electrons. The van der Waals surface area contributed by atoms with Gasteiger partial charge in [-0.25, -0.2) is 4.79 Å². The molecule has 1 aromatic heterocycles. The highest BCUT2D eigenvalue weighted by Crippen LogP contribution is 2.22. The normalized spacial score (nSPS) is 21.1. The van der Waals surface area contributed by atoms with Gasteiger partial charge in [-0.1, -0.05) is 82.7 Å². The van der Waals surface area contributed by atoms with Crippen LogP contribution < -0.4 is 86.3 Å². The zero-order valence-electron chi connectivity index (χ0n) is 63.7. The number of Topliss-reactive ketones (excluding diaryl/α,β-unsaturated/α-hetero) is 1. The van der Waals surface area contributed by atoms with Crippen molar-refractivity contribution in [3.8, 4) is 0 Å². The third-order valence-corrected chi connectivity index (χ3v) is 17.9. The van der Waals surface area contributed by atoms with Gasteiger partial charge in [0.1, 0.15) is 72.6 Å². The van der Waals surface area contributed by atoms with Gasteiger partial charge in [-0.05, 0) is 62.4 Å². The third kappa shape index (κ3) is 32.4. The molecule has 44 nitrogen and oxygen atoms in total. The maximum Gasteiger partial charge on any atom is 0.329 e. The van der Waals surface area contributed by atoms with E-state index in [1.807, 2.05) is 21.3 Å². The van der Waals surface area contributed by atoms with Gasteiger partial charge in [0.2, 0.25) is 82.7 Å². The maximum atomic E-state index is 14.8. The molecule has 2 unspecified atom stereocenters. The number of aromatic nitrogens is 1. The van der Waals surface area contributed by atoms with Crippen LogP contribution in [0.1, 0.15) is 139 Å². The summed E-state index contributed by atoms with van der Waals surface area (Å²) in [4.78, 5) is 276. The summed E-state index contributed by atoms with van der Waals surface area (Å²) in [6, 6.07) is -11.4. The number of H-pyrrole nitrogens is 1. The number of carboxylic acids is 4. The van der Waals surface area contributed by atoms with Crippen molar-refractivity contribution in [2.45, 2.75) is 202 Å². The predicted molar refractivity (Wildman–Crippen MR) is 402 cm³/mol. The molecule has 2 aromatic carbocycles. The number of carbonyl (C=O) groups is 20. The van der Waals surface area contributed by atoms with Crippen LogP contribution in [0.4, 0.5) is 5.69 Å². The Hall–Kier alpha value is -12.7. The molecule has 13 atom stereocenters. The van der Waals surface area contributed by atoms with Crippen LogP contribution >= 0.6 is 0 Å². The molecule has 0 spiro atoms. The number of aliphatic hydroxyl groups excluding tert-OH is 2. The fourth-order valence-corrected chi connectivity index (χ4v) is 11.8. The van der Waals surface area contributed by atoms with Gasteiger partial charge < -0.3 is 127 Å². The molecule has 1 aliphatic rings. The van der Waals surface area contributed by atoms with E-state index in [0.717, 1.165) is 46.0 Å². The van der Waals surface area contributed by atoms with Crippen LogP contribution in [-0.4, -0.2) is 259 Å². The fraction of sp³-hybridized carbons (Fsp3) is 0.528. The minimum atomic E-state index is -2.47. The van der Waals surface area contributed by atoms with E-state index in [-0.39, 0.29) is 37.1 Å². The monoisotopic (exact) mass is 1640 g/mol. The molecule has 0 saturated carbocycles. The Labute approximate surface area is 662 Å². The molecule has 44 heteroatoms. The minimum absolute atomic E-state index is 0.0240. The van der Waals surface area contributed by atoms with Crippen molar-refractivity contribution in [2.75, 3.05) is 38.6 Å². The number of unbranched alkanes of at least 4 members (excludes halogenated alkanes) is 6. The predicted octanol–water partition coefficient (Wildman–Crippen LogP) is -6.65. The molecule has 4 rings (SSSR count). The number of aliphatic carboxylic acids is 4. The van der Waals surface area contributed by atoms with Crippen LogP contribution in [0.25, 0.3) is 10.9 Å². The van der Waals surface area contributed by atoms with Gasteiger partial charge in [-0.3, -0.25) is 91.1 Å². The Bertz CT molecular complexity index is 4060. The van der Waals surface area contributed by atoms with Crippen LogP contribution in [-0.2, 0) is 102 Å². The Morgan fingerprint density at radius 3 is 1.63 bits per heavy atom. The number of aromatic amines is 1. The van der Waals surface area contributed by atoms with Gasteiger partial charge in [-0.15, -0.1) is 0 Å². The topological polar surface area (TPSA) is 722 Å². The fourth-order valence-electron chi connectivity index (χ4n) is 11.8. The van der Waals surface area contributed by atoms with Crippen LogP contribution in [0.3, 0.4) is 0 Å². The number of carboxylic acid groups (broad SMARTS) is 4. The number of carbonyl (C=O) groups excluding carboxylic acids is 16. The SMILES string of the molecule is CCCCCCCCCC(=O)N[C@@H](Cc1c[nH]c2ccccc12)C(=O)N[C@H](CC(N)=O)C(=O)N[C@@H](CC(=O)O)C(=O)NC1C(=O)NCC(=O)N[C@@H](CCCN)C(=O)N[C@@H](CC(=O)O)C(=O)NC(CO)C(=O)N[C@@H](CC(=O)O)C(=O)NCC(=O)N[C@H](CO)C(=O)N[C@H]([C@@H](C)CC(=O)O)C(=O)N[C@@H](CC(=O)c2ccccc2N)C(=O)O[C@H]1C. The van der Waals surface area contributed by atoms with Crippen LogP contribution in [0.5, 0.6) is 0 Å². The number of esters is 1. The first-order chi connectivity index (χ1) is 54.9. The van der Waals surface area contributed by atoms with Gasteiger partial charge in [0, 0.05) is 47.6 Å². The molecular formula is C72H101N17O27. The molecule has 1 fully saturated rings. The highest BCUT2D eigenvalue weighted by atomic mass is 16.5. The number of nitrogen functional groups attached to an aromatic ring is 1. The van der Waals surface area contributed by atoms with Crippen molar-refractivity contribution < 1.29 is 131 Å². The zero-order chi connectivity index (χ0) is 86.5. The lowest BCUT2D eigenvalue weighted by atomic mass is 9.96. The molecule has 0 bridgehead atoms. The summed E-state index contributed by atoms with van der Waals surface area (Å²) in [5.41, 5.74) is 18.0. The molecule has 0 aliphatic carbocycles. The van der Waals surface area contributed by atoms with Crippen molar-refractivity contribution in [1.29, 1.82) is 0 Å². The van der Waals surface area contributed by atoms with Gasteiger partial charge in [-0.2, -0.15) is 0 Å². The molecule has 26 N–H and O–H groups in total. The average molecular weight is 1640 g/mol. The third-order valence-electron chi connectivity index (χ3n) is 17.9. The quantitative estimate of drug-likeness (QED) is 0.0111. The first-order valence-electron chi connectivity index (χ1n) is 37.0. The van der Waals surface area contributed by atoms with E-state index in [9.17, 15) is 127 Å². The first kappa shape index (κ1) is 95.6. The van der Waals surface area contributed by atoms with Crippen molar-refractivity contribution >= 4 is 135 Å². The van der Waals surface area contributed by atoms with Gasteiger partial charge in [0.25, 0.3) is 0 Å². The van der Waals surface area contributed by atoms with Crippen LogP contribution in [0.15, 0.2) is 54.7 Å². The number of primary amides is 1. The van der Waals surface area contributed by atoms with Gasteiger partial charge in [0.05, 0.1) is 58.4 Å². The summed E-state index contributed by atoms with van der Waals surface area (Å²) in [6.07, 6.45) is -2.66. The number of benzene rings is 2. The van der Waals surface area contributed by atoms with E-state index < -0.39 is 268 Å². The van der Waals surface area contributed by atoms with E-state index >= 15 is 0 Å². The molecule has 2 heterocycles. The van der Waals surface area contributed by atoms with Gasteiger partial charge >= 0.3 is 29.8 Å². The second-order valence-corrected chi connectivity index (χ2v) is 27.3. The summed E-state index contributed by atoms with van der Waals surface area (Å²) in [5.74, 6) is -30.6. The number of cyclic esters (lactones) is 1. The lowest BCUT2D eigenvalue weighted by Crippen LogP contribution is -2.62. The van der Waals surface area contributed by atoms with Crippen molar-refractivity contribution in [3.05, 3.63) is 65.9 Å². The number of amides is 14. The summed E-state index contributed by atoms with van der Waals surface area (Å²) < 4.78 is 5.67. The lowest BCUT2D eigenvalue weighted by Gasteiger charge is -2.30. The van der Waals surface area contributed by atoms with E-state index in [1.165, 1.54) is 24.3 Å². The molecule has 3 aromatic rings. The van der Waals surface area contributed by atoms with E-state index in [4.69, 9.17) is 21.9 Å². The van der Waals surface area contributed by atoms with Crippen molar-refractivity contribution in [3.63, 3.8) is 0 Å². The van der Waals surface area contributed by atoms with Crippen molar-refractivity contribution in [2.24, 2.45) is 17.4 Å². The van der Waals surface area contributed by atoms with E-state index in [0.29, 0.717) is 29.3 Å². The number of para-hydroxylation sites is 2. The molecule has 1 saturated heterocycles. The summed E-state index contributed by atoms with van der Waals surface area (Å²) in [6.45, 7) is -1.38. The second-order valence-electron chi connectivity index (χ2n) is 27.3. The maximum absolute atomic E-state index is 14.8. The molecule has 116 heavy (non-hydrogen) atoms. The van der Waals surface area contributed by atoms with Gasteiger partial charge in [0.15, 0.2) is 5.78 Å². The molecule has 14 amide bonds. The lowest BCUT2D eigenvalue weighted by molar-refractivity contribution is -0.156. The zero-order valence-corrected chi connectivity index (χ0v) is 63.7.